The summed E-state index contributed by atoms with van der Waals surface area (Å²) in [4.78, 5) is 12.9. The van der Waals surface area contributed by atoms with Gasteiger partial charge in [-0.1, -0.05) is 0 Å². The van der Waals surface area contributed by atoms with Crippen LogP contribution in [0.5, 0.6) is 5.75 Å². The average Bonchev–Trinajstić information content (AvgIpc) is 2.84. The van der Waals surface area contributed by atoms with Crippen LogP contribution in [0.15, 0.2) is 35.4 Å². The largest absolute Gasteiger partial charge is 0.508 e. The lowest BCUT2D eigenvalue weighted by Gasteiger charge is -2.07. The van der Waals surface area contributed by atoms with Crippen LogP contribution in [0.3, 0.4) is 0 Å². The number of sulfonamides is 1. The molecule has 1 aromatic carbocycles. The molecule has 20 heavy (non-hydrogen) atoms. The maximum atomic E-state index is 12.0. The first-order chi connectivity index (χ1) is 9.29. The second kappa shape index (κ2) is 4.89. The standard InChI is InChI=1S/C12H12N2O5S/c1-7-4-8(2-3-11(7)15)14-20(18,19)9-5-10(12(16)17)13-6-9/h2-6,13-15H,1H3,(H,16,17). The van der Waals surface area contributed by atoms with Crippen molar-refractivity contribution in [2.45, 2.75) is 11.8 Å². The molecule has 0 fully saturated rings. The van der Waals surface area contributed by atoms with Crippen molar-refractivity contribution in [3.63, 3.8) is 0 Å². The third-order valence-electron chi connectivity index (χ3n) is 2.65. The van der Waals surface area contributed by atoms with Gasteiger partial charge in [-0.2, -0.15) is 0 Å². The average molecular weight is 296 g/mol. The molecule has 7 nitrogen and oxygen atoms in total. The number of aromatic hydroxyl groups is 1. The van der Waals surface area contributed by atoms with E-state index >= 15 is 0 Å². The van der Waals surface area contributed by atoms with Crippen molar-refractivity contribution >= 4 is 21.7 Å². The minimum Gasteiger partial charge on any atom is -0.508 e. The molecule has 0 aliphatic heterocycles. The lowest BCUT2D eigenvalue weighted by Crippen LogP contribution is -2.12. The normalized spacial score (nSPS) is 11.2. The number of aromatic nitrogens is 1. The zero-order valence-corrected chi connectivity index (χ0v) is 11.2. The van der Waals surface area contributed by atoms with Crippen molar-refractivity contribution in [2.24, 2.45) is 0 Å². The van der Waals surface area contributed by atoms with E-state index in [4.69, 9.17) is 5.11 Å². The lowest BCUT2D eigenvalue weighted by atomic mass is 10.2. The zero-order chi connectivity index (χ0) is 14.9. The first-order valence-corrected chi connectivity index (χ1v) is 7.02. The number of nitrogens with one attached hydrogen (secondary N) is 2. The van der Waals surface area contributed by atoms with Gasteiger partial charge < -0.3 is 15.2 Å². The predicted molar refractivity (Wildman–Crippen MR) is 71.4 cm³/mol. The van der Waals surface area contributed by atoms with E-state index in [9.17, 15) is 18.3 Å². The molecule has 0 aliphatic carbocycles. The summed E-state index contributed by atoms with van der Waals surface area (Å²) in [6.07, 6.45) is 1.10. The number of hydrogen-bond acceptors (Lipinski definition) is 4. The number of carboxylic acid groups (broad SMARTS) is 1. The molecule has 0 saturated carbocycles. The van der Waals surface area contributed by atoms with Crippen molar-refractivity contribution < 1.29 is 23.4 Å². The molecule has 4 N–H and O–H groups in total. The molecule has 0 atom stereocenters. The fourth-order valence-electron chi connectivity index (χ4n) is 1.59. The summed E-state index contributed by atoms with van der Waals surface area (Å²) in [7, 11) is -3.88. The van der Waals surface area contributed by atoms with Gasteiger partial charge in [0.25, 0.3) is 10.0 Å². The summed E-state index contributed by atoms with van der Waals surface area (Å²) in [6.45, 7) is 1.63. The van der Waals surface area contributed by atoms with Crippen molar-refractivity contribution in [1.29, 1.82) is 0 Å². The van der Waals surface area contributed by atoms with Gasteiger partial charge in [0.1, 0.15) is 16.3 Å². The van der Waals surface area contributed by atoms with Crippen LogP contribution < -0.4 is 4.72 Å². The van der Waals surface area contributed by atoms with E-state index in [1.165, 1.54) is 18.2 Å². The van der Waals surface area contributed by atoms with E-state index in [2.05, 4.69) is 9.71 Å². The summed E-state index contributed by atoms with van der Waals surface area (Å²) in [5.41, 5.74) is 0.580. The zero-order valence-electron chi connectivity index (χ0n) is 10.4. The molecule has 0 bridgehead atoms. The van der Waals surface area contributed by atoms with E-state index in [0.717, 1.165) is 12.3 Å². The summed E-state index contributed by atoms with van der Waals surface area (Å²) in [5.74, 6) is -1.19. The predicted octanol–water partition coefficient (Wildman–Crippen LogP) is 1.53. The Morgan fingerprint density at radius 1 is 1.30 bits per heavy atom. The minimum absolute atomic E-state index is 0.0581. The third kappa shape index (κ3) is 2.75. The smallest absolute Gasteiger partial charge is 0.352 e. The fourth-order valence-corrected chi connectivity index (χ4v) is 2.63. The number of hydrogen-bond donors (Lipinski definition) is 4. The van der Waals surface area contributed by atoms with Crippen molar-refractivity contribution in [3.8, 4) is 5.75 Å². The number of aromatic carboxylic acids is 1. The number of H-pyrrole nitrogens is 1. The van der Waals surface area contributed by atoms with Crippen LogP contribution in [0.1, 0.15) is 16.1 Å². The second-order valence-electron chi connectivity index (χ2n) is 4.16. The second-order valence-corrected chi connectivity index (χ2v) is 5.84. The van der Waals surface area contributed by atoms with Gasteiger partial charge in [-0.15, -0.1) is 0 Å². The molecule has 2 rings (SSSR count). The first kappa shape index (κ1) is 13.9. The number of rotatable bonds is 4. The van der Waals surface area contributed by atoms with Crippen LogP contribution in [0, 0.1) is 6.92 Å². The van der Waals surface area contributed by atoms with Crippen LogP contribution in [0.25, 0.3) is 0 Å². The maximum absolute atomic E-state index is 12.0. The topological polar surface area (TPSA) is 119 Å². The molecule has 0 saturated heterocycles. The van der Waals surface area contributed by atoms with E-state index in [1.807, 2.05) is 0 Å². The molecule has 0 aliphatic rings. The van der Waals surface area contributed by atoms with Crippen molar-refractivity contribution in [1.82, 2.24) is 4.98 Å². The Kier molecular flexibility index (Phi) is 3.41. The molecule has 0 spiro atoms. The van der Waals surface area contributed by atoms with Crippen LogP contribution in [0.2, 0.25) is 0 Å². The van der Waals surface area contributed by atoms with E-state index in [0.29, 0.717) is 5.56 Å². The quantitative estimate of drug-likeness (QED) is 0.638. The minimum atomic E-state index is -3.88. The number of anilines is 1. The van der Waals surface area contributed by atoms with Gasteiger partial charge in [-0.05, 0) is 36.8 Å². The number of phenolic OH excluding ortho intramolecular Hbond substituents is 1. The lowest BCUT2D eigenvalue weighted by molar-refractivity contribution is 0.0691. The molecule has 1 heterocycles. The molecular formula is C12H12N2O5S. The molecule has 0 radical (unpaired) electrons. The number of aromatic amines is 1. The van der Waals surface area contributed by atoms with Crippen LogP contribution in [0.4, 0.5) is 5.69 Å². The van der Waals surface area contributed by atoms with Crippen LogP contribution in [-0.4, -0.2) is 29.6 Å². The number of carbonyl (C=O) groups is 1. The number of aryl methyl sites for hydroxylation is 1. The molecular weight excluding hydrogens is 284 g/mol. The molecule has 2 aromatic rings. The molecule has 1 aromatic heterocycles. The monoisotopic (exact) mass is 296 g/mol. The Balaban J connectivity index is 2.30. The SMILES string of the molecule is Cc1cc(NS(=O)(=O)c2c[nH]c(C(=O)O)c2)ccc1O. The van der Waals surface area contributed by atoms with Gasteiger partial charge in [0.2, 0.25) is 0 Å². The molecule has 0 amide bonds. The Morgan fingerprint density at radius 3 is 2.55 bits per heavy atom. The highest BCUT2D eigenvalue weighted by molar-refractivity contribution is 7.92. The molecule has 0 unspecified atom stereocenters. The van der Waals surface area contributed by atoms with Gasteiger partial charge in [0.15, 0.2) is 0 Å². The Bertz CT molecular complexity index is 764. The van der Waals surface area contributed by atoms with E-state index in [1.54, 1.807) is 6.92 Å². The summed E-state index contributed by atoms with van der Waals surface area (Å²) in [5, 5.41) is 18.1. The van der Waals surface area contributed by atoms with E-state index in [-0.39, 0.29) is 22.0 Å². The maximum Gasteiger partial charge on any atom is 0.352 e. The van der Waals surface area contributed by atoms with Crippen molar-refractivity contribution in [2.75, 3.05) is 4.72 Å². The van der Waals surface area contributed by atoms with Crippen LogP contribution >= 0.6 is 0 Å². The van der Waals surface area contributed by atoms with Gasteiger partial charge >= 0.3 is 5.97 Å². The van der Waals surface area contributed by atoms with Crippen LogP contribution in [-0.2, 0) is 10.0 Å². The number of benzene rings is 1. The highest BCUT2D eigenvalue weighted by atomic mass is 32.2. The van der Waals surface area contributed by atoms with Gasteiger partial charge in [-0.25, -0.2) is 13.2 Å². The summed E-state index contributed by atoms with van der Waals surface area (Å²) >= 11 is 0. The highest BCUT2D eigenvalue weighted by Crippen LogP contribution is 2.22. The van der Waals surface area contributed by atoms with Gasteiger partial charge in [0.05, 0.1) is 0 Å². The molecule has 8 heteroatoms. The summed E-state index contributed by atoms with van der Waals surface area (Å²) in [6, 6.07) is 5.27. The fraction of sp³-hybridized carbons (Fsp3) is 0.0833. The first-order valence-electron chi connectivity index (χ1n) is 5.54. The Morgan fingerprint density at radius 2 is 2.00 bits per heavy atom. The van der Waals surface area contributed by atoms with E-state index < -0.39 is 16.0 Å². The Hall–Kier alpha value is -2.48. The number of phenols is 1. The van der Waals surface area contributed by atoms with Crippen molar-refractivity contribution in [3.05, 3.63) is 41.7 Å². The highest BCUT2D eigenvalue weighted by Gasteiger charge is 2.18. The molecule has 106 valence electrons. The summed E-state index contributed by atoms with van der Waals surface area (Å²) < 4.78 is 26.4. The van der Waals surface area contributed by atoms with Gasteiger partial charge in [0, 0.05) is 11.9 Å². The Labute approximate surface area is 114 Å². The van der Waals surface area contributed by atoms with Gasteiger partial charge in [-0.3, -0.25) is 4.72 Å². The third-order valence-corrected chi connectivity index (χ3v) is 4.01. The number of carboxylic acids is 1.